The summed E-state index contributed by atoms with van der Waals surface area (Å²) in [5.74, 6) is 1.07. The average molecular weight is 258 g/mol. The third-order valence-corrected chi connectivity index (χ3v) is 2.85. The summed E-state index contributed by atoms with van der Waals surface area (Å²) in [4.78, 5) is 14.5. The van der Waals surface area contributed by atoms with Crippen LogP contribution in [0.3, 0.4) is 0 Å². The zero-order valence-electron chi connectivity index (χ0n) is 10.1. The molecule has 0 amide bonds. The fourth-order valence-corrected chi connectivity index (χ4v) is 1.92. The van der Waals surface area contributed by atoms with Crippen LogP contribution in [-0.4, -0.2) is 47.3 Å². The summed E-state index contributed by atoms with van der Waals surface area (Å²) in [7, 11) is 1.75. The quantitative estimate of drug-likeness (QED) is 0.859. The summed E-state index contributed by atoms with van der Waals surface area (Å²) in [6.45, 7) is 5.52. The molecule has 2 atom stereocenters. The van der Waals surface area contributed by atoms with Gasteiger partial charge in [0, 0.05) is 13.6 Å². The predicted molar refractivity (Wildman–Crippen MR) is 66.6 cm³/mol. The van der Waals surface area contributed by atoms with Crippen LogP contribution < -0.4 is 10.2 Å². The number of anilines is 2. The standard InChI is InChI=1S/C10H16ClN5O/c1-6-5-17-7(2)4-16(6)10-14-8(11)13-9(12-3)15-10/h6-7H,4-5H2,1-3H3,(H,12,13,14,15). The molecule has 1 N–H and O–H groups in total. The fraction of sp³-hybridized carbons (Fsp3) is 0.700. The molecule has 17 heavy (non-hydrogen) atoms. The van der Waals surface area contributed by atoms with Crippen molar-refractivity contribution in [3.8, 4) is 0 Å². The molecule has 7 heteroatoms. The highest BCUT2D eigenvalue weighted by Gasteiger charge is 2.26. The second-order valence-corrected chi connectivity index (χ2v) is 4.46. The van der Waals surface area contributed by atoms with Crippen LogP contribution >= 0.6 is 11.6 Å². The Kier molecular flexibility index (Phi) is 3.63. The van der Waals surface area contributed by atoms with Crippen LogP contribution in [0.4, 0.5) is 11.9 Å². The van der Waals surface area contributed by atoms with E-state index < -0.39 is 0 Å². The van der Waals surface area contributed by atoms with Gasteiger partial charge in [-0.25, -0.2) is 0 Å². The van der Waals surface area contributed by atoms with Crippen molar-refractivity contribution in [2.24, 2.45) is 0 Å². The van der Waals surface area contributed by atoms with Crippen LogP contribution in [0.2, 0.25) is 5.28 Å². The molecule has 0 spiro atoms. The largest absolute Gasteiger partial charge is 0.375 e. The summed E-state index contributed by atoms with van der Waals surface area (Å²) in [5, 5.41) is 3.07. The van der Waals surface area contributed by atoms with Crippen molar-refractivity contribution in [3.05, 3.63) is 5.28 Å². The monoisotopic (exact) mass is 257 g/mol. The van der Waals surface area contributed by atoms with E-state index in [1.165, 1.54) is 0 Å². The van der Waals surface area contributed by atoms with Crippen molar-refractivity contribution in [1.82, 2.24) is 15.0 Å². The van der Waals surface area contributed by atoms with E-state index in [4.69, 9.17) is 16.3 Å². The van der Waals surface area contributed by atoms with Gasteiger partial charge in [0.25, 0.3) is 0 Å². The minimum absolute atomic E-state index is 0.166. The van der Waals surface area contributed by atoms with Gasteiger partial charge in [0.15, 0.2) is 0 Å². The number of hydrogen-bond acceptors (Lipinski definition) is 6. The number of ether oxygens (including phenoxy) is 1. The highest BCUT2D eigenvalue weighted by molar-refractivity contribution is 6.28. The Bertz CT molecular complexity index is 402. The highest BCUT2D eigenvalue weighted by atomic mass is 35.5. The highest BCUT2D eigenvalue weighted by Crippen LogP contribution is 2.20. The number of aromatic nitrogens is 3. The number of hydrogen-bond donors (Lipinski definition) is 1. The van der Waals surface area contributed by atoms with Gasteiger partial charge in [0.2, 0.25) is 17.2 Å². The SMILES string of the molecule is CNc1nc(Cl)nc(N2CC(C)OCC2C)n1. The van der Waals surface area contributed by atoms with Gasteiger partial charge in [0.1, 0.15) is 0 Å². The lowest BCUT2D eigenvalue weighted by Crippen LogP contribution is -2.48. The molecule has 1 aromatic heterocycles. The third-order valence-electron chi connectivity index (χ3n) is 2.68. The van der Waals surface area contributed by atoms with E-state index >= 15 is 0 Å². The van der Waals surface area contributed by atoms with Gasteiger partial charge in [-0.05, 0) is 25.4 Å². The maximum Gasteiger partial charge on any atom is 0.231 e. The minimum Gasteiger partial charge on any atom is -0.375 e. The Morgan fingerprint density at radius 2 is 2.12 bits per heavy atom. The third kappa shape index (κ3) is 2.76. The molecule has 0 radical (unpaired) electrons. The van der Waals surface area contributed by atoms with Gasteiger partial charge in [-0.1, -0.05) is 0 Å². The number of nitrogens with one attached hydrogen (secondary N) is 1. The van der Waals surface area contributed by atoms with E-state index in [9.17, 15) is 0 Å². The van der Waals surface area contributed by atoms with Crippen molar-refractivity contribution in [2.45, 2.75) is 26.0 Å². The number of morpholine rings is 1. The zero-order chi connectivity index (χ0) is 12.4. The van der Waals surface area contributed by atoms with Gasteiger partial charge in [-0.15, -0.1) is 0 Å². The maximum atomic E-state index is 5.87. The Labute approximate surface area is 105 Å². The van der Waals surface area contributed by atoms with Gasteiger partial charge >= 0.3 is 0 Å². The minimum atomic E-state index is 0.166. The second-order valence-electron chi connectivity index (χ2n) is 4.12. The molecule has 6 nitrogen and oxygen atoms in total. The fourth-order valence-electron chi connectivity index (χ4n) is 1.76. The second kappa shape index (κ2) is 5.01. The first kappa shape index (κ1) is 12.3. The first-order chi connectivity index (χ1) is 8.10. The summed E-state index contributed by atoms with van der Waals surface area (Å²) in [5.41, 5.74) is 0. The van der Waals surface area contributed by atoms with E-state index in [0.717, 1.165) is 6.54 Å². The molecular weight excluding hydrogens is 242 g/mol. The Hall–Kier alpha value is -1.14. The predicted octanol–water partition coefficient (Wildman–Crippen LogP) is 1.18. The van der Waals surface area contributed by atoms with Crippen LogP contribution in [-0.2, 0) is 4.74 Å². The summed E-state index contributed by atoms with van der Waals surface area (Å²) in [6, 6.07) is 0.231. The molecule has 2 unspecified atom stereocenters. The number of nitrogens with zero attached hydrogens (tertiary/aromatic N) is 4. The van der Waals surface area contributed by atoms with Gasteiger partial charge in [-0.2, -0.15) is 15.0 Å². The van der Waals surface area contributed by atoms with Crippen LogP contribution in [0.25, 0.3) is 0 Å². The molecule has 94 valence electrons. The molecule has 1 aliphatic heterocycles. The van der Waals surface area contributed by atoms with Crippen molar-refractivity contribution in [1.29, 1.82) is 0 Å². The lowest BCUT2D eigenvalue weighted by Gasteiger charge is -2.36. The van der Waals surface area contributed by atoms with E-state index in [1.807, 2.05) is 6.92 Å². The number of rotatable bonds is 2. The Morgan fingerprint density at radius 3 is 2.82 bits per heavy atom. The molecule has 1 saturated heterocycles. The smallest absolute Gasteiger partial charge is 0.231 e. The number of halogens is 1. The van der Waals surface area contributed by atoms with E-state index in [0.29, 0.717) is 18.5 Å². The molecule has 1 fully saturated rings. The van der Waals surface area contributed by atoms with Crippen LogP contribution in [0, 0.1) is 0 Å². The summed E-state index contributed by atoms with van der Waals surface area (Å²) >= 11 is 5.87. The van der Waals surface area contributed by atoms with Crippen molar-refractivity contribution >= 4 is 23.5 Å². The Morgan fingerprint density at radius 1 is 1.35 bits per heavy atom. The van der Waals surface area contributed by atoms with Gasteiger partial charge < -0.3 is 15.0 Å². The van der Waals surface area contributed by atoms with E-state index in [2.05, 4.69) is 32.1 Å². The maximum absolute atomic E-state index is 5.87. The molecule has 0 bridgehead atoms. The topological polar surface area (TPSA) is 63.2 Å². The zero-order valence-corrected chi connectivity index (χ0v) is 10.9. The van der Waals surface area contributed by atoms with Crippen LogP contribution in [0.5, 0.6) is 0 Å². The van der Waals surface area contributed by atoms with E-state index in [-0.39, 0.29) is 17.4 Å². The normalized spacial score (nSPS) is 24.8. The molecule has 2 rings (SSSR count). The van der Waals surface area contributed by atoms with E-state index in [1.54, 1.807) is 7.05 Å². The van der Waals surface area contributed by atoms with Crippen LogP contribution in [0.15, 0.2) is 0 Å². The van der Waals surface area contributed by atoms with Crippen LogP contribution in [0.1, 0.15) is 13.8 Å². The molecule has 0 saturated carbocycles. The van der Waals surface area contributed by atoms with Crippen molar-refractivity contribution < 1.29 is 4.74 Å². The van der Waals surface area contributed by atoms with Gasteiger partial charge in [-0.3, -0.25) is 0 Å². The summed E-state index contributed by atoms with van der Waals surface area (Å²) < 4.78 is 5.57. The molecular formula is C10H16ClN5O. The first-order valence-electron chi connectivity index (χ1n) is 5.57. The van der Waals surface area contributed by atoms with Gasteiger partial charge in [0.05, 0.1) is 18.8 Å². The lowest BCUT2D eigenvalue weighted by molar-refractivity contribution is 0.0337. The lowest BCUT2D eigenvalue weighted by atomic mass is 10.2. The molecule has 2 heterocycles. The summed E-state index contributed by atoms with van der Waals surface area (Å²) in [6.07, 6.45) is 0.166. The Balaban J connectivity index is 2.28. The average Bonchev–Trinajstić information content (AvgIpc) is 2.31. The van der Waals surface area contributed by atoms with Crippen molar-refractivity contribution in [3.63, 3.8) is 0 Å². The molecule has 1 aliphatic rings. The molecule has 0 aromatic carbocycles. The van der Waals surface area contributed by atoms with Crippen molar-refractivity contribution in [2.75, 3.05) is 30.4 Å². The molecule has 1 aromatic rings. The molecule has 0 aliphatic carbocycles. The first-order valence-corrected chi connectivity index (χ1v) is 5.95.